The first-order chi connectivity index (χ1) is 8.20. The normalized spacial score (nSPS) is 19.0. The van der Waals surface area contributed by atoms with Crippen LogP contribution in [0.2, 0.25) is 0 Å². The maximum atomic E-state index is 12.2. The molecule has 1 aliphatic rings. The first kappa shape index (κ1) is 14.6. The third kappa shape index (κ3) is 4.08. The Morgan fingerprint density at radius 1 is 1.39 bits per heavy atom. The number of nitrogens with zero attached hydrogens (tertiary/aromatic N) is 2. The zero-order valence-electron chi connectivity index (χ0n) is 9.90. The van der Waals surface area contributed by atoms with E-state index in [2.05, 4.69) is 0 Å². The minimum Gasteiger partial charge on any atom is -0.481 e. The van der Waals surface area contributed by atoms with E-state index in [-0.39, 0.29) is 13.1 Å². The summed E-state index contributed by atoms with van der Waals surface area (Å²) in [5.41, 5.74) is 0. The number of aliphatic carboxylic acids is 1. The van der Waals surface area contributed by atoms with E-state index in [1.807, 2.05) is 0 Å². The fourth-order valence-corrected chi connectivity index (χ4v) is 1.78. The van der Waals surface area contributed by atoms with Crippen LogP contribution in [-0.2, 0) is 4.79 Å². The average molecular weight is 268 g/mol. The topological polar surface area (TPSA) is 60.9 Å². The van der Waals surface area contributed by atoms with E-state index in [4.69, 9.17) is 5.11 Å². The van der Waals surface area contributed by atoms with Crippen LogP contribution in [0.5, 0.6) is 0 Å². The molecule has 5 nitrogen and oxygen atoms in total. The molecule has 0 saturated carbocycles. The van der Waals surface area contributed by atoms with E-state index >= 15 is 0 Å². The Balaban J connectivity index is 2.61. The highest BCUT2D eigenvalue weighted by atomic mass is 19.4. The quantitative estimate of drug-likeness (QED) is 0.838. The Morgan fingerprint density at radius 2 is 1.94 bits per heavy atom. The lowest BCUT2D eigenvalue weighted by Crippen LogP contribution is -2.53. The highest BCUT2D eigenvalue weighted by Gasteiger charge is 2.36. The molecule has 1 atom stereocenters. The summed E-state index contributed by atoms with van der Waals surface area (Å²) >= 11 is 0. The number of carboxylic acid groups (broad SMARTS) is 1. The van der Waals surface area contributed by atoms with Crippen molar-refractivity contribution in [3.05, 3.63) is 0 Å². The molecule has 1 aliphatic heterocycles. The number of amides is 2. The summed E-state index contributed by atoms with van der Waals surface area (Å²) in [4.78, 5) is 24.2. The fourth-order valence-electron chi connectivity index (χ4n) is 1.78. The largest absolute Gasteiger partial charge is 0.481 e. The van der Waals surface area contributed by atoms with E-state index < -0.39 is 30.6 Å². The van der Waals surface area contributed by atoms with Crippen LogP contribution in [0.3, 0.4) is 0 Å². The van der Waals surface area contributed by atoms with Gasteiger partial charge in [-0.1, -0.05) is 6.92 Å². The summed E-state index contributed by atoms with van der Waals surface area (Å²) in [5.74, 6) is -1.87. The van der Waals surface area contributed by atoms with Crippen molar-refractivity contribution in [2.45, 2.75) is 19.5 Å². The number of hydrogen-bond donors (Lipinski definition) is 1. The fraction of sp³-hybridized carbons (Fsp3) is 0.800. The van der Waals surface area contributed by atoms with Crippen molar-refractivity contribution >= 4 is 12.0 Å². The second-order valence-electron chi connectivity index (χ2n) is 4.36. The molecule has 0 aliphatic carbocycles. The van der Waals surface area contributed by atoms with Gasteiger partial charge in [0.25, 0.3) is 0 Å². The number of carboxylic acids is 1. The van der Waals surface area contributed by atoms with Crippen molar-refractivity contribution in [3.8, 4) is 0 Å². The Kier molecular flexibility index (Phi) is 4.42. The van der Waals surface area contributed by atoms with Crippen molar-refractivity contribution in [2.24, 2.45) is 5.92 Å². The maximum Gasteiger partial charge on any atom is 0.406 e. The minimum absolute atomic E-state index is 0.0519. The van der Waals surface area contributed by atoms with Crippen molar-refractivity contribution < 1.29 is 27.9 Å². The minimum atomic E-state index is -4.43. The second-order valence-corrected chi connectivity index (χ2v) is 4.36. The van der Waals surface area contributed by atoms with Crippen LogP contribution in [0, 0.1) is 5.92 Å². The molecule has 1 N–H and O–H groups in total. The van der Waals surface area contributed by atoms with Crippen LogP contribution in [0.1, 0.15) is 13.3 Å². The Hall–Kier alpha value is -1.47. The van der Waals surface area contributed by atoms with E-state index in [1.54, 1.807) is 0 Å². The van der Waals surface area contributed by atoms with Crippen molar-refractivity contribution in [3.63, 3.8) is 0 Å². The molecule has 0 aromatic heterocycles. The van der Waals surface area contributed by atoms with Gasteiger partial charge in [0.2, 0.25) is 0 Å². The monoisotopic (exact) mass is 268 g/mol. The molecule has 8 heteroatoms. The molecule has 0 aromatic carbocycles. The lowest BCUT2D eigenvalue weighted by Gasteiger charge is -2.36. The van der Waals surface area contributed by atoms with Crippen molar-refractivity contribution in [1.29, 1.82) is 0 Å². The molecule has 2 amide bonds. The van der Waals surface area contributed by atoms with Crippen LogP contribution < -0.4 is 0 Å². The van der Waals surface area contributed by atoms with E-state index in [0.29, 0.717) is 17.9 Å². The van der Waals surface area contributed by atoms with Crippen LogP contribution in [0.25, 0.3) is 0 Å². The molecule has 104 valence electrons. The van der Waals surface area contributed by atoms with Gasteiger partial charge in [0.05, 0.1) is 5.92 Å². The molecule has 0 bridgehead atoms. The molecule has 1 saturated heterocycles. The summed E-state index contributed by atoms with van der Waals surface area (Å²) in [6.45, 7) is 0.408. The molecular weight excluding hydrogens is 253 g/mol. The number of carbonyl (C=O) groups is 2. The van der Waals surface area contributed by atoms with Gasteiger partial charge in [-0.15, -0.1) is 0 Å². The van der Waals surface area contributed by atoms with Crippen molar-refractivity contribution in [2.75, 3.05) is 26.2 Å². The SMILES string of the molecule is CC(CN1CCCN(CC(F)(F)F)C1=O)C(=O)O. The first-order valence-corrected chi connectivity index (χ1v) is 5.54. The van der Waals surface area contributed by atoms with Crippen LogP contribution in [0.4, 0.5) is 18.0 Å². The van der Waals surface area contributed by atoms with Gasteiger partial charge in [-0.3, -0.25) is 4.79 Å². The summed E-state index contributed by atoms with van der Waals surface area (Å²) in [6, 6.07) is -0.744. The second kappa shape index (κ2) is 5.45. The third-order valence-electron chi connectivity index (χ3n) is 2.68. The van der Waals surface area contributed by atoms with Gasteiger partial charge in [-0.05, 0) is 6.42 Å². The van der Waals surface area contributed by atoms with Gasteiger partial charge in [-0.2, -0.15) is 13.2 Å². The zero-order valence-corrected chi connectivity index (χ0v) is 9.90. The Bertz CT molecular complexity index is 333. The van der Waals surface area contributed by atoms with Crippen molar-refractivity contribution in [1.82, 2.24) is 9.80 Å². The number of carbonyl (C=O) groups excluding carboxylic acids is 1. The summed E-state index contributed by atoms with van der Waals surface area (Å²) in [7, 11) is 0. The Labute approximate surface area is 102 Å². The average Bonchev–Trinajstić information content (AvgIpc) is 2.21. The molecule has 0 aromatic rings. The molecule has 0 radical (unpaired) electrons. The molecule has 18 heavy (non-hydrogen) atoms. The number of halogens is 3. The molecule has 1 unspecified atom stereocenters. The van der Waals surface area contributed by atoms with E-state index in [0.717, 1.165) is 4.90 Å². The number of alkyl halides is 3. The smallest absolute Gasteiger partial charge is 0.406 e. The molecule has 1 rings (SSSR count). The van der Waals surface area contributed by atoms with Gasteiger partial charge >= 0.3 is 18.2 Å². The highest BCUT2D eigenvalue weighted by molar-refractivity contribution is 5.76. The van der Waals surface area contributed by atoms with Gasteiger partial charge < -0.3 is 14.9 Å². The summed E-state index contributed by atoms with van der Waals surface area (Å²) in [5, 5.41) is 8.72. The predicted molar refractivity (Wildman–Crippen MR) is 56.0 cm³/mol. The lowest BCUT2D eigenvalue weighted by atomic mass is 10.1. The molecule has 1 heterocycles. The predicted octanol–water partition coefficient (Wildman–Crippen LogP) is 1.40. The molecular formula is C10H15F3N2O3. The van der Waals surface area contributed by atoms with Gasteiger partial charge in [0.1, 0.15) is 6.54 Å². The summed E-state index contributed by atoms with van der Waals surface area (Å²) in [6.07, 6.45) is -4.02. The Morgan fingerprint density at radius 3 is 2.44 bits per heavy atom. The lowest BCUT2D eigenvalue weighted by molar-refractivity contribution is -0.145. The van der Waals surface area contributed by atoms with Crippen LogP contribution >= 0.6 is 0 Å². The van der Waals surface area contributed by atoms with E-state index in [9.17, 15) is 22.8 Å². The van der Waals surface area contributed by atoms with E-state index in [1.165, 1.54) is 6.92 Å². The number of urea groups is 1. The zero-order chi connectivity index (χ0) is 13.9. The highest BCUT2D eigenvalue weighted by Crippen LogP contribution is 2.20. The third-order valence-corrected chi connectivity index (χ3v) is 2.68. The van der Waals surface area contributed by atoms with Gasteiger partial charge in [-0.25, -0.2) is 4.79 Å². The maximum absolute atomic E-state index is 12.2. The van der Waals surface area contributed by atoms with Gasteiger partial charge in [0.15, 0.2) is 0 Å². The standard InChI is InChI=1S/C10H15F3N2O3/c1-7(8(16)17)5-14-3-2-4-15(9(14)18)6-10(11,12)13/h7H,2-6H2,1H3,(H,16,17). The van der Waals surface area contributed by atoms with Gasteiger partial charge in [0, 0.05) is 19.6 Å². The first-order valence-electron chi connectivity index (χ1n) is 5.54. The summed E-state index contributed by atoms with van der Waals surface area (Å²) < 4.78 is 36.7. The molecule has 1 fully saturated rings. The van der Waals surface area contributed by atoms with Crippen LogP contribution in [0.15, 0.2) is 0 Å². The van der Waals surface area contributed by atoms with Crippen LogP contribution in [-0.4, -0.2) is 59.3 Å². The molecule has 0 spiro atoms. The number of rotatable bonds is 4. The number of hydrogen-bond acceptors (Lipinski definition) is 2.